The minimum absolute atomic E-state index is 0.0511. The Morgan fingerprint density at radius 3 is 2.78 bits per heavy atom. The minimum atomic E-state index is -0.547. The monoisotopic (exact) mass is 498 g/mol. The van der Waals surface area contributed by atoms with E-state index in [4.69, 9.17) is 19.3 Å². The number of likely N-dealkylation sites (tertiary alicyclic amines) is 1. The average molecular weight is 499 g/mol. The van der Waals surface area contributed by atoms with Gasteiger partial charge in [0, 0.05) is 42.9 Å². The molecule has 5 rings (SSSR count). The second-order valence-corrected chi connectivity index (χ2v) is 10.1. The molecule has 0 saturated carbocycles. The fraction of sp³-hybridized carbons (Fsp3) is 0.520. The van der Waals surface area contributed by atoms with Gasteiger partial charge in [-0.3, -0.25) is 4.68 Å². The SMILES string of the molecule is COc1ncc(-n2nc(-c3cnn(C4CCN(C(=O)OC(C)(C)C)C4)c3)c3c2CCOCC3)cc1F. The maximum absolute atomic E-state index is 14.4. The highest BCUT2D eigenvalue weighted by Crippen LogP contribution is 2.32. The van der Waals surface area contributed by atoms with E-state index in [0.717, 1.165) is 28.9 Å². The second-order valence-electron chi connectivity index (χ2n) is 10.1. The smallest absolute Gasteiger partial charge is 0.410 e. The van der Waals surface area contributed by atoms with Crippen LogP contribution in [0.25, 0.3) is 16.9 Å². The molecule has 2 aliphatic heterocycles. The van der Waals surface area contributed by atoms with Crippen molar-refractivity contribution in [2.75, 3.05) is 33.4 Å². The van der Waals surface area contributed by atoms with Gasteiger partial charge in [0.25, 0.3) is 0 Å². The summed E-state index contributed by atoms with van der Waals surface area (Å²) in [5, 5.41) is 9.47. The number of nitrogens with zero attached hydrogens (tertiary/aromatic N) is 6. The first-order chi connectivity index (χ1) is 17.2. The molecule has 1 unspecified atom stereocenters. The van der Waals surface area contributed by atoms with E-state index in [-0.39, 0.29) is 18.0 Å². The van der Waals surface area contributed by atoms with Crippen LogP contribution in [0.4, 0.5) is 9.18 Å². The molecule has 2 aliphatic rings. The van der Waals surface area contributed by atoms with Crippen LogP contribution in [0.2, 0.25) is 0 Å². The Morgan fingerprint density at radius 2 is 2.03 bits per heavy atom. The third-order valence-corrected chi connectivity index (χ3v) is 6.36. The number of aromatic nitrogens is 5. The quantitative estimate of drug-likeness (QED) is 0.543. The Balaban J connectivity index is 1.43. The molecule has 36 heavy (non-hydrogen) atoms. The predicted octanol–water partition coefficient (Wildman–Crippen LogP) is 3.58. The maximum atomic E-state index is 14.4. The summed E-state index contributed by atoms with van der Waals surface area (Å²) < 4.78 is 34.3. The number of methoxy groups -OCH3 is 1. The highest BCUT2D eigenvalue weighted by Gasteiger charge is 2.31. The molecule has 0 aliphatic carbocycles. The average Bonchev–Trinajstić information content (AvgIpc) is 3.53. The van der Waals surface area contributed by atoms with Crippen molar-refractivity contribution in [3.8, 4) is 22.8 Å². The van der Waals surface area contributed by atoms with E-state index in [2.05, 4.69) is 10.1 Å². The molecule has 0 spiro atoms. The number of hydrogen-bond donors (Lipinski definition) is 0. The van der Waals surface area contributed by atoms with E-state index in [9.17, 15) is 9.18 Å². The normalized spacial score (nSPS) is 18.1. The van der Waals surface area contributed by atoms with Crippen LogP contribution >= 0.6 is 0 Å². The molecule has 3 aromatic heterocycles. The van der Waals surface area contributed by atoms with Crippen molar-refractivity contribution >= 4 is 6.09 Å². The molecule has 0 bridgehead atoms. The van der Waals surface area contributed by atoms with Crippen LogP contribution in [0.3, 0.4) is 0 Å². The number of pyridine rings is 1. The molecule has 5 heterocycles. The van der Waals surface area contributed by atoms with Gasteiger partial charge in [-0.05, 0) is 33.6 Å². The lowest BCUT2D eigenvalue weighted by molar-refractivity contribution is 0.0288. The van der Waals surface area contributed by atoms with Gasteiger partial charge in [-0.15, -0.1) is 0 Å². The molecule has 0 aromatic carbocycles. The Kier molecular flexibility index (Phi) is 6.42. The van der Waals surface area contributed by atoms with Crippen molar-refractivity contribution in [3.63, 3.8) is 0 Å². The van der Waals surface area contributed by atoms with Gasteiger partial charge in [0.2, 0.25) is 5.88 Å². The van der Waals surface area contributed by atoms with Crippen LogP contribution in [0.15, 0.2) is 24.7 Å². The van der Waals surface area contributed by atoms with Crippen LogP contribution in [0, 0.1) is 5.82 Å². The standard InChI is InChI=1S/C25H31FN6O4/c1-25(2,3)36-24(33)30-8-5-17(15-30)31-14-16(12-28-31)22-19-6-9-35-10-7-21(19)32(29-22)18-11-20(26)23(34-4)27-13-18/h11-14,17H,5-10,15H2,1-4H3. The second kappa shape index (κ2) is 9.53. The largest absolute Gasteiger partial charge is 0.479 e. The number of rotatable bonds is 4. The molecule has 10 nitrogen and oxygen atoms in total. The van der Waals surface area contributed by atoms with E-state index in [1.807, 2.05) is 31.6 Å². The molecular weight excluding hydrogens is 467 g/mol. The Bertz CT molecular complexity index is 1260. The molecule has 1 fully saturated rings. The zero-order chi connectivity index (χ0) is 25.4. The van der Waals surface area contributed by atoms with Gasteiger partial charge in [0.1, 0.15) is 5.60 Å². The summed E-state index contributed by atoms with van der Waals surface area (Å²) >= 11 is 0. The van der Waals surface area contributed by atoms with Crippen molar-refractivity contribution in [1.82, 2.24) is 29.4 Å². The van der Waals surface area contributed by atoms with Crippen LogP contribution in [0.5, 0.6) is 5.88 Å². The third kappa shape index (κ3) is 4.79. The fourth-order valence-electron chi connectivity index (χ4n) is 4.69. The van der Waals surface area contributed by atoms with Gasteiger partial charge in [-0.1, -0.05) is 0 Å². The number of halogens is 1. The highest BCUT2D eigenvalue weighted by molar-refractivity contribution is 5.68. The summed E-state index contributed by atoms with van der Waals surface area (Å²) in [6.07, 6.45) is 7.14. The van der Waals surface area contributed by atoms with Crippen molar-refractivity contribution in [1.29, 1.82) is 0 Å². The van der Waals surface area contributed by atoms with Gasteiger partial charge in [0.05, 0.1) is 55.8 Å². The number of fused-ring (bicyclic) bond motifs is 1. The molecule has 11 heteroatoms. The molecule has 192 valence electrons. The summed E-state index contributed by atoms with van der Waals surface area (Å²) in [6.45, 7) is 7.89. The van der Waals surface area contributed by atoms with E-state index < -0.39 is 11.4 Å². The number of amides is 1. The predicted molar refractivity (Wildman–Crippen MR) is 129 cm³/mol. The van der Waals surface area contributed by atoms with Crippen LogP contribution in [0.1, 0.15) is 44.5 Å². The molecule has 1 saturated heterocycles. The Morgan fingerprint density at radius 1 is 1.22 bits per heavy atom. The van der Waals surface area contributed by atoms with Gasteiger partial charge in [0.15, 0.2) is 5.82 Å². The number of carbonyl (C=O) groups excluding carboxylic acids is 1. The zero-order valence-electron chi connectivity index (χ0n) is 21.0. The summed E-state index contributed by atoms with van der Waals surface area (Å²) in [5.74, 6) is -0.604. The van der Waals surface area contributed by atoms with Crippen molar-refractivity contribution < 1.29 is 23.4 Å². The third-order valence-electron chi connectivity index (χ3n) is 6.36. The van der Waals surface area contributed by atoms with E-state index in [0.29, 0.717) is 44.8 Å². The van der Waals surface area contributed by atoms with Gasteiger partial charge < -0.3 is 19.1 Å². The molecular formula is C25H31FN6O4. The zero-order valence-corrected chi connectivity index (χ0v) is 21.0. The van der Waals surface area contributed by atoms with Gasteiger partial charge in [-0.25, -0.2) is 18.9 Å². The highest BCUT2D eigenvalue weighted by atomic mass is 19.1. The summed E-state index contributed by atoms with van der Waals surface area (Å²) in [6, 6.07) is 1.43. The first kappa shape index (κ1) is 24.2. The van der Waals surface area contributed by atoms with Crippen molar-refractivity contribution in [3.05, 3.63) is 41.7 Å². The van der Waals surface area contributed by atoms with Crippen LogP contribution < -0.4 is 4.74 Å². The number of hydrogen-bond acceptors (Lipinski definition) is 7. The van der Waals surface area contributed by atoms with Crippen molar-refractivity contribution in [2.24, 2.45) is 0 Å². The lowest BCUT2D eigenvalue weighted by atomic mass is 10.1. The summed E-state index contributed by atoms with van der Waals surface area (Å²) in [7, 11) is 1.38. The topological polar surface area (TPSA) is 96.5 Å². The van der Waals surface area contributed by atoms with Gasteiger partial charge in [-0.2, -0.15) is 10.2 Å². The first-order valence-electron chi connectivity index (χ1n) is 12.1. The molecule has 1 atom stereocenters. The van der Waals surface area contributed by atoms with Gasteiger partial charge >= 0.3 is 6.09 Å². The van der Waals surface area contributed by atoms with E-state index >= 15 is 0 Å². The molecule has 0 radical (unpaired) electrons. The minimum Gasteiger partial charge on any atom is -0.479 e. The first-order valence-corrected chi connectivity index (χ1v) is 12.1. The Hall–Kier alpha value is -3.47. The lowest BCUT2D eigenvalue weighted by Gasteiger charge is -2.24. The summed E-state index contributed by atoms with van der Waals surface area (Å²) in [4.78, 5) is 18.3. The van der Waals surface area contributed by atoms with E-state index in [1.54, 1.807) is 22.0 Å². The number of ether oxygens (including phenoxy) is 3. The molecule has 3 aromatic rings. The maximum Gasteiger partial charge on any atom is 0.410 e. The van der Waals surface area contributed by atoms with Crippen LogP contribution in [-0.4, -0.2) is 74.6 Å². The van der Waals surface area contributed by atoms with E-state index in [1.165, 1.54) is 13.2 Å². The Labute approximate surface area is 209 Å². The van der Waals surface area contributed by atoms with Crippen LogP contribution in [-0.2, 0) is 22.3 Å². The number of carbonyl (C=O) groups is 1. The summed E-state index contributed by atoms with van der Waals surface area (Å²) in [5.41, 5.74) is 3.68. The molecule has 1 amide bonds. The molecule has 0 N–H and O–H groups in total. The lowest BCUT2D eigenvalue weighted by Crippen LogP contribution is -2.35. The van der Waals surface area contributed by atoms with Crippen molar-refractivity contribution in [2.45, 2.75) is 51.7 Å². The fourth-order valence-corrected chi connectivity index (χ4v) is 4.69.